The van der Waals surface area contributed by atoms with Gasteiger partial charge in [0.15, 0.2) is 0 Å². The quantitative estimate of drug-likeness (QED) is 0.594. The monoisotopic (exact) mass is 408 g/mol. The Balaban J connectivity index is 2.74. The number of carbonyl (C=O) groups excluding carboxylic acids is 3. The first-order chi connectivity index (χ1) is 13.3. The summed E-state index contributed by atoms with van der Waals surface area (Å²) in [6.07, 6.45) is -2.10. The molecule has 0 aliphatic rings. The van der Waals surface area contributed by atoms with E-state index in [4.69, 9.17) is 9.47 Å². The molecule has 0 aliphatic carbocycles. The summed E-state index contributed by atoms with van der Waals surface area (Å²) in [6.45, 7) is 9.93. The molecule has 8 nitrogen and oxygen atoms in total. The second kappa shape index (κ2) is 10.2. The van der Waals surface area contributed by atoms with Crippen molar-refractivity contribution in [3.8, 4) is 0 Å². The maximum Gasteiger partial charge on any atom is 0.407 e. The number of benzene rings is 1. The second-order valence-electron chi connectivity index (χ2n) is 8.68. The van der Waals surface area contributed by atoms with E-state index in [0.717, 1.165) is 5.56 Å². The summed E-state index contributed by atoms with van der Waals surface area (Å²) in [7, 11) is 0. The summed E-state index contributed by atoms with van der Waals surface area (Å²) in [4.78, 5) is 36.6. The van der Waals surface area contributed by atoms with Crippen molar-refractivity contribution in [3.05, 3.63) is 35.9 Å². The van der Waals surface area contributed by atoms with Crippen LogP contribution in [-0.4, -0.2) is 53.0 Å². The van der Waals surface area contributed by atoms with Crippen molar-refractivity contribution in [3.63, 3.8) is 0 Å². The molecule has 0 spiro atoms. The lowest BCUT2D eigenvalue weighted by atomic mass is 10.1. The largest absolute Gasteiger partial charge is 0.458 e. The smallest absolute Gasteiger partial charge is 0.407 e. The summed E-state index contributed by atoms with van der Waals surface area (Å²) in [5.41, 5.74) is -0.604. The Labute approximate surface area is 172 Å². The fourth-order valence-corrected chi connectivity index (χ4v) is 2.27. The van der Waals surface area contributed by atoms with Crippen LogP contribution in [0.15, 0.2) is 30.3 Å². The average Bonchev–Trinajstić information content (AvgIpc) is 2.56. The fraction of sp³-hybridized carbons (Fsp3) is 0.571. The molecule has 0 unspecified atom stereocenters. The standard InChI is InChI=1S/C21H32N2O6/c1-20(2,3)28-18(26)15(12-14-10-8-7-9-11-14)23-17(25)16(24)13-22-19(27)29-21(4,5)6/h7-11,15-16,24H,12-13H2,1-6H3,(H,22,27)(H,23,25)/t15-,16-/m0/s1. The lowest BCUT2D eigenvalue weighted by Gasteiger charge is -2.25. The van der Waals surface area contributed by atoms with E-state index in [1.807, 2.05) is 30.3 Å². The van der Waals surface area contributed by atoms with Crippen LogP contribution in [0.25, 0.3) is 0 Å². The van der Waals surface area contributed by atoms with Crippen molar-refractivity contribution < 1.29 is 29.0 Å². The number of alkyl carbamates (subject to hydrolysis) is 1. The molecule has 2 amide bonds. The van der Waals surface area contributed by atoms with Crippen molar-refractivity contribution in [2.24, 2.45) is 0 Å². The Morgan fingerprint density at radius 2 is 1.52 bits per heavy atom. The fourth-order valence-electron chi connectivity index (χ4n) is 2.27. The molecule has 0 saturated heterocycles. The van der Waals surface area contributed by atoms with Gasteiger partial charge < -0.3 is 25.2 Å². The predicted molar refractivity (Wildman–Crippen MR) is 108 cm³/mol. The average molecular weight is 408 g/mol. The minimum absolute atomic E-state index is 0.202. The van der Waals surface area contributed by atoms with Gasteiger partial charge in [-0.1, -0.05) is 30.3 Å². The number of hydrogen-bond donors (Lipinski definition) is 3. The summed E-state index contributed by atoms with van der Waals surface area (Å²) < 4.78 is 10.4. The van der Waals surface area contributed by atoms with E-state index >= 15 is 0 Å². The maximum absolute atomic E-state index is 12.5. The Bertz CT molecular complexity index is 691. The molecule has 162 valence electrons. The van der Waals surface area contributed by atoms with Gasteiger partial charge in [-0.05, 0) is 47.1 Å². The van der Waals surface area contributed by atoms with Gasteiger partial charge in [0.05, 0.1) is 6.54 Å². The van der Waals surface area contributed by atoms with Crippen LogP contribution >= 0.6 is 0 Å². The second-order valence-corrected chi connectivity index (χ2v) is 8.68. The molecule has 0 aliphatic heterocycles. The Morgan fingerprint density at radius 1 is 0.966 bits per heavy atom. The van der Waals surface area contributed by atoms with E-state index in [1.165, 1.54) is 0 Å². The van der Waals surface area contributed by atoms with Crippen LogP contribution in [0.2, 0.25) is 0 Å². The van der Waals surface area contributed by atoms with Gasteiger partial charge in [0.2, 0.25) is 0 Å². The molecule has 1 aromatic carbocycles. The molecule has 1 aromatic rings. The van der Waals surface area contributed by atoms with Gasteiger partial charge in [0, 0.05) is 6.42 Å². The summed E-state index contributed by atoms with van der Waals surface area (Å²) >= 11 is 0. The molecule has 0 bridgehead atoms. The van der Waals surface area contributed by atoms with Crippen molar-refractivity contribution in [1.29, 1.82) is 0 Å². The van der Waals surface area contributed by atoms with Crippen molar-refractivity contribution in [2.75, 3.05) is 6.54 Å². The molecule has 1 rings (SSSR count). The van der Waals surface area contributed by atoms with Crippen molar-refractivity contribution in [1.82, 2.24) is 10.6 Å². The van der Waals surface area contributed by atoms with Gasteiger partial charge in [-0.3, -0.25) is 4.79 Å². The Kier molecular flexibility index (Phi) is 8.63. The first-order valence-corrected chi connectivity index (χ1v) is 9.49. The highest BCUT2D eigenvalue weighted by Gasteiger charge is 2.29. The van der Waals surface area contributed by atoms with Crippen LogP contribution in [-0.2, 0) is 25.5 Å². The number of aliphatic hydroxyl groups excluding tert-OH is 1. The maximum atomic E-state index is 12.5. The SMILES string of the molecule is CC(C)(C)OC(=O)NC[C@H](O)C(=O)N[C@@H](Cc1ccccc1)C(=O)OC(C)(C)C. The third kappa shape index (κ3) is 10.5. The molecule has 0 heterocycles. The Morgan fingerprint density at radius 3 is 2.03 bits per heavy atom. The number of aliphatic hydroxyl groups is 1. The van der Waals surface area contributed by atoms with Crippen molar-refractivity contribution >= 4 is 18.0 Å². The van der Waals surface area contributed by atoms with Crippen LogP contribution in [0.4, 0.5) is 4.79 Å². The van der Waals surface area contributed by atoms with Crippen LogP contribution in [0.1, 0.15) is 47.1 Å². The molecule has 0 fully saturated rings. The lowest BCUT2D eigenvalue weighted by molar-refractivity contribution is -0.159. The third-order valence-corrected chi connectivity index (χ3v) is 3.43. The van der Waals surface area contributed by atoms with Crippen LogP contribution in [0, 0.1) is 0 Å². The Hall–Kier alpha value is -2.61. The first-order valence-electron chi connectivity index (χ1n) is 9.49. The van der Waals surface area contributed by atoms with E-state index in [1.54, 1.807) is 41.5 Å². The number of rotatable bonds is 7. The molecule has 2 atom stereocenters. The van der Waals surface area contributed by atoms with Gasteiger partial charge in [-0.15, -0.1) is 0 Å². The van der Waals surface area contributed by atoms with Crippen LogP contribution < -0.4 is 10.6 Å². The van der Waals surface area contributed by atoms with Gasteiger partial charge in [0.1, 0.15) is 23.3 Å². The number of carbonyl (C=O) groups is 3. The van der Waals surface area contributed by atoms with E-state index in [-0.39, 0.29) is 13.0 Å². The highest BCUT2D eigenvalue weighted by atomic mass is 16.6. The van der Waals surface area contributed by atoms with E-state index in [0.29, 0.717) is 0 Å². The lowest BCUT2D eigenvalue weighted by Crippen LogP contribution is -2.51. The van der Waals surface area contributed by atoms with Gasteiger partial charge in [0.25, 0.3) is 5.91 Å². The summed E-state index contributed by atoms with van der Waals surface area (Å²) in [5.74, 6) is -1.41. The molecular weight excluding hydrogens is 376 g/mol. The van der Waals surface area contributed by atoms with Gasteiger partial charge in [-0.25, -0.2) is 9.59 Å². The molecule has 29 heavy (non-hydrogen) atoms. The summed E-state index contributed by atoms with van der Waals surface area (Å²) in [6, 6.07) is 8.15. The van der Waals surface area contributed by atoms with E-state index in [2.05, 4.69) is 10.6 Å². The zero-order valence-corrected chi connectivity index (χ0v) is 17.9. The molecule has 0 saturated carbocycles. The van der Waals surface area contributed by atoms with Crippen LogP contribution in [0.5, 0.6) is 0 Å². The number of amides is 2. The minimum atomic E-state index is -1.55. The molecular formula is C21H32N2O6. The first kappa shape index (κ1) is 24.4. The van der Waals surface area contributed by atoms with Gasteiger partial charge in [-0.2, -0.15) is 0 Å². The number of esters is 1. The molecule has 3 N–H and O–H groups in total. The minimum Gasteiger partial charge on any atom is -0.458 e. The highest BCUT2D eigenvalue weighted by molar-refractivity contribution is 5.87. The van der Waals surface area contributed by atoms with E-state index in [9.17, 15) is 19.5 Å². The molecule has 0 radical (unpaired) electrons. The zero-order valence-electron chi connectivity index (χ0n) is 17.9. The third-order valence-electron chi connectivity index (χ3n) is 3.43. The normalized spacial score (nSPS) is 13.8. The van der Waals surface area contributed by atoms with Gasteiger partial charge >= 0.3 is 12.1 Å². The van der Waals surface area contributed by atoms with Crippen LogP contribution in [0.3, 0.4) is 0 Å². The van der Waals surface area contributed by atoms with Crippen molar-refractivity contribution in [2.45, 2.75) is 71.3 Å². The zero-order chi connectivity index (χ0) is 22.2. The topological polar surface area (TPSA) is 114 Å². The molecule has 8 heteroatoms. The summed E-state index contributed by atoms with van der Waals surface area (Å²) in [5, 5.41) is 14.9. The number of nitrogens with one attached hydrogen (secondary N) is 2. The number of hydrogen-bond acceptors (Lipinski definition) is 6. The highest BCUT2D eigenvalue weighted by Crippen LogP contribution is 2.12. The predicted octanol–water partition coefficient (Wildman–Crippen LogP) is 1.94. The number of ether oxygens (including phenoxy) is 2. The van der Waals surface area contributed by atoms with E-state index < -0.39 is 41.3 Å². The molecule has 0 aromatic heterocycles.